The van der Waals surface area contributed by atoms with E-state index in [-0.39, 0.29) is 18.2 Å². The van der Waals surface area contributed by atoms with Crippen LogP contribution in [0.25, 0.3) is 33.3 Å². The average molecular weight is 432 g/mol. The topological polar surface area (TPSA) is 49.6 Å². The molecule has 0 amide bonds. The normalized spacial score (nSPS) is 10.7. The third-order valence-electron chi connectivity index (χ3n) is 4.93. The molecule has 0 bridgehead atoms. The fourth-order valence-electron chi connectivity index (χ4n) is 3.52. The summed E-state index contributed by atoms with van der Waals surface area (Å²) >= 11 is 1.47. The van der Waals surface area contributed by atoms with Gasteiger partial charge in [-0.1, -0.05) is 48.5 Å². The molecule has 0 unspecified atom stereocenters. The number of aromatic nitrogens is 3. The van der Waals surface area contributed by atoms with Crippen molar-refractivity contribution in [3.8, 4) is 22.5 Å². The Morgan fingerprint density at radius 1 is 1.00 bits per heavy atom. The number of carbonyl (C=O) groups is 1. The number of pyridine rings is 1. The van der Waals surface area contributed by atoms with Gasteiger partial charge in [-0.05, 0) is 34.4 Å². The van der Waals surface area contributed by atoms with E-state index in [0.717, 1.165) is 27.4 Å². The molecule has 5 aromatic rings. The van der Waals surface area contributed by atoms with Crippen molar-refractivity contribution in [1.29, 1.82) is 0 Å². The van der Waals surface area contributed by atoms with Gasteiger partial charge >= 0.3 is 0 Å². The minimum Gasteiger partial charge on any atom is -1.00 e. The second-order valence-electron chi connectivity index (χ2n) is 6.86. The lowest BCUT2D eigenvalue weighted by Gasteiger charge is -2.03. The molecular weight excluding hydrogens is 414 g/mol. The van der Waals surface area contributed by atoms with Crippen LogP contribution in [0.2, 0.25) is 0 Å². The summed E-state index contributed by atoms with van der Waals surface area (Å²) in [5.41, 5.74) is 3.92. The van der Waals surface area contributed by atoms with Gasteiger partial charge in [0.1, 0.15) is 0 Å². The highest BCUT2D eigenvalue weighted by atomic mass is 35.5. The summed E-state index contributed by atoms with van der Waals surface area (Å²) in [6.45, 7) is 0.314. The van der Waals surface area contributed by atoms with Crippen molar-refractivity contribution in [1.82, 2.24) is 10.2 Å². The van der Waals surface area contributed by atoms with Gasteiger partial charge in [-0.2, -0.15) is 9.67 Å². The number of carbonyl (C=O) groups excluding carboxylic acids is 1. The fraction of sp³-hybridized carbons (Fsp3) is 0.0417. The number of nitrogens with one attached hydrogen (secondary N) is 1. The zero-order valence-corrected chi connectivity index (χ0v) is 17.5. The highest BCUT2D eigenvalue weighted by Gasteiger charge is 2.15. The molecular formula is C24H18ClN3OS. The Kier molecular flexibility index (Phi) is 5.74. The quantitative estimate of drug-likeness (QED) is 0.342. The number of aromatic amines is 1. The average Bonchev–Trinajstić information content (AvgIpc) is 3.46. The maximum atomic E-state index is 12.4. The van der Waals surface area contributed by atoms with Crippen LogP contribution >= 0.6 is 11.3 Å². The molecule has 5 rings (SSSR count). The Morgan fingerprint density at radius 2 is 1.87 bits per heavy atom. The lowest BCUT2D eigenvalue weighted by molar-refractivity contribution is -0.682. The van der Waals surface area contributed by atoms with E-state index in [1.165, 1.54) is 22.1 Å². The number of halogens is 1. The highest BCUT2D eigenvalue weighted by Crippen LogP contribution is 2.29. The van der Waals surface area contributed by atoms with Crippen molar-refractivity contribution in [3.63, 3.8) is 0 Å². The van der Waals surface area contributed by atoms with E-state index in [1.54, 1.807) is 0 Å². The van der Waals surface area contributed by atoms with E-state index in [9.17, 15) is 4.79 Å². The number of hydrogen-bond donors (Lipinski definition) is 1. The van der Waals surface area contributed by atoms with E-state index in [0.29, 0.717) is 6.54 Å². The first-order valence-electron chi connectivity index (χ1n) is 9.38. The smallest absolute Gasteiger partial charge is 0.237 e. The van der Waals surface area contributed by atoms with Crippen molar-refractivity contribution >= 4 is 27.9 Å². The molecule has 0 saturated carbocycles. The van der Waals surface area contributed by atoms with Crippen molar-refractivity contribution in [2.24, 2.45) is 0 Å². The number of rotatable bonds is 5. The van der Waals surface area contributed by atoms with E-state index >= 15 is 0 Å². The van der Waals surface area contributed by atoms with Gasteiger partial charge in [0, 0.05) is 11.6 Å². The van der Waals surface area contributed by atoms with Gasteiger partial charge in [0.2, 0.25) is 12.3 Å². The van der Waals surface area contributed by atoms with E-state index in [1.807, 2.05) is 58.7 Å². The molecule has 0 aliphatic heterocycles. The summed E-state index contributed by atoms with van der Waals surface area (Å²) in [6, 6.07) is 24.4. The van der Waals surface area contributed by atoms with Crippen LogP contribution in [0, 0.1) is 0 Å². The van der Waals surface area contributed by atoms with Crippen molar-refractivity contribution in [3.05, 3.63) is 95.4 Å². The number of thiophene rings is 1. The SMILES string of the molecule is O=C(C[n+]1cccc(-c2cc(-c3cccc4ccccc34)[nH]n2)c1)c1cccs1.[Cl-]. The highest BCUT2D eigenvalue weighted by molar-refractivity contribution is 7.12. The Bertz CT molecular complexity index is 1310. The summed E-state index contributed by atoms with van der Waals surface area (Å²) < 4.78 is 1.91. The minimum atomic E-state index is 0. The largest absolute Gasteiger partial charge is 1.00 e. The molecule has 0 fully saturated rings. The third kappa shape index (κ3) is 3.90. The minimum absolute atomic E-state index is 0. The lowest BCUT2D eigenvalue weighted by Crippen LogP contribution is -3.00. The van der Waals surface area contributed by atoms with Crippen LogP contribution in [-0.2, 0) is 6.54 Å². The molecule has 0 aliphatic carbocycles. The zero-order valence-electron chi connectivity index (χ0n) is 16.0. The monoisotopic (exact) mass is 431 g/mol. The summed E-state index contributed by atoms with van der Waals surface area (Å²) in [7, 11) is 0. The predicted molar refractivity (Wildman–Crippen MR) is 116 cm³/mol. The van der Waals surface area contributed by atoms with Crippen molar-refractivity contribution < 1.29 is 21.8 Å². The molecule has 148 valence electrons. The Labute approximate surface area is 184 Å². The van der Waals surface area contributed by atoms with Crippen LogP contribution in [-0.4, -0.2) is 16.0 Å². The number of Topliss-reactive ketones (excluding diaryl/α,β-unsaturated/α-hetero) is 1. The first kappa shape index (κ1) is 20.0. The molecule has 2 aromatic carbocycles. The van der Waals surface area contributed by atoms with Gasteiger partial charge in [-0.15, -0.1) is 11.3 Å². The van der Waals surface area contributed by atoms with E-state index in [4.69, 9.17) is 0 Å². The number of benzene rings is 2. The number of nitrogens with zero attached hydrogens (tertiary/aromatic N) is 2. The second kappa shape index (κ2) is 8.61. The first-order valence-corrected chi connectivity index (χ1v) is 10.3. The number of ketones is 1. The van der Waals surface area contributed by atoms with Gasteiger partial charge in [-0.3, -0.25) is 9.89 Å². The van der Waals surface area contributed by atoms with Gasteiger partial charge in [0.15, 0.2) is 12.4 Å². The molecule has 6 heteroatoms. The van der Waals surface area contributed by atoms with Crippen LogP contribution in [0.4, 0.5) is 0 Å². The molecule has 0 atom stereocenters. The van der Waals surface area contributed by atoms with Crippen LogP contribution < -0.4 is 17.0 Å². The Balaban J connectivity index is 0.00000218. The molecule has 0 spiro atoms. The van der Waals surface area contributed by atoms with Crippen LogP contribution in [0.5, 0.6) is 0 Å². The third-order valence-corrected chi connectivity index (χ3v) is 5.84. The lowest BCUT2D eigenvalue weighted by atomic mass is 10.0. The summed E-state index contributed by atoms with van der Waals surface area (Å²) in [5.74, 6) is 0.112. The standard InChI is InChI=1S/C24H18N3OS.ClH/c28-23(24-11-5-13-29-24)16-27-12-4-8-18(15-27)21-14-22(26-25-21)20-10-3-7-17-6-1-2-9-19(17)20;/h1-15H,16H2,(H,25,26);1H/q+1;/p-1. The molecule has 4 nitrogen and oxygen atoms in total. The predicted octanol–water partition coefficient (Wildman–Crippen LogP) is 2.13. The second-order valence-corrected chi connectivity index (χ2v) is 7.81. The van der Waals surface area contributed by atoms with Crippen LogP contribution in [0.3, 0.4) is 0 Å². The Morgan fingerprint density at radius 3 is 2.73 bits per heavy atom. The fourth-order valence-corrected chi connectivity index (χ4v) is 4.18. The van der Waals surface area contributed by atoms with Crippen molar-refractivity contribution in [2.45, 2.75) is 6.54 Å². The van der Waals surface area contributed by atoms with Crippen molar-refractivity contribution in [2.75, 3.05) is 0 Å². The Hall–Kier alpha value is -3.28. The maximum Gasteiger partial charge on any atom is 0.237 e. The summed E-state index contributed by atoms with van der Waals surface area (Å²) in [4.78, 5) is 13.2. The van der Waals surface area contributed by atoms with Gasteiger partial charge in [0.05, 0.1) is 21.8 Å². The first-order chi connectivity index (χ1) is 14.3. The van der Waals surface area contributed by atoms with E-state index in [2.05, 4.69) is 46.6 Å². The molecule has 1 N–H and O–H groups in total. The summed E-state index contributed by atoms with van der Waals surface area (Å²) in [6.07, 6.45) is 3.88. The number of fused-ring (bicyclic) bond motifs is 1. The summed E-state index contributed by atoms with van der Waals surface area (Å²) in [5, 5.41) is 12.0. The maximum absolute atomic E-state index is 12.4. The van der Waals surface area contributed by atoms with Crippen LogP contribution in [0.1, 0.15) is 9.67 Å². The van der Waals surface area contributed by atoms with Gasteiger partial charge in [0.25, 0.3) is 0 Å². The zero-order chi connectivity index (χ0) is 19.6. The molecule has 3 heterocycles. The van der Waals surface area contributed by atoms with Gasteiger partial charge < -0.3 is 12.4 Å². The molecule has 0 radical (unpaired) electrons. The van der Waals surface area contributed by atoms with Gasteiger partial charge in [-0.25, -0.2) is 0 Å². The molecule has 0 aliphatic rings. The van der Waals surface area contributed by atoms with E-state index < -0.39 is 0 Å². The number of hydrogen-bond acceptors (Lipinski definition) is 3. The molecule has 0 saturated heterocycles. The van der Waals surface area contributed by atoms with Crippen LogP contribution in [0.15, 0.2) is 90.6 Å². The molecule has 30 heavy (non-hydrogen) atoms. The molecule has 3 aromatic heterocycles. The number of H-pyrrole nitrogens is 1.